The van der Waals surface area contributed by atoms with Crippen molar-refractivity contribution in [3.63, 3.8) is 0 Å². The third kappa shape index (κ3) is 4.21. The molecule has 1 unspecified atom stereocenters. The van der Waals surface area contributed by atoms with Gasteiger partial charge in [0, 0.05) is 49.1 Å². The van der Waals surface area contributed by atoms with Gasteiger partial charge in [0.2, 0.25) is 0 Å². The van der Waals surface area contributed by atoms with Crippen LogP contribution in [0.5, 0.6) is 0 Å². The molecule has 2 N–H and O–H groups in total. The molecule has 8 heteroatoms. The summed E-state index contributed by atoms with van der Waals surface area (Å²) in [7, 11) is 0. The summed E-state index contributed by atoms with van der Waals surface area (Å²) < 4.78 is 12.9. The zero-order chi connectivity index (χ0) is 21.3. The molecule has 0 aromatic carbocycles. The van der Waals surface area contributed by atoms with E-state index in [1.165, 1.54) is 0 Å². The number of anilines is 1. The van der Waals surface area contributed by atoms with Crippen molar-refractivity contribution in [2.24, 2.45) is 0 Å². The molecule has 0 bridgehead atoms. The van der Waals surface area contributed by atoms with Crippen LogP contribution in [0.15, 0.2) is 16.5 Å². The first-order chi connectivity index (χ1) is 14.5. The Labute approximate surface area is 176 Å². The number of furan rings is 1. The Kier molecular flexibility index (Phi) is 6.08. The zero-order valence-corrected chi connectivity index (χ0v) is 18.2. The molecule has 3 aromatic rings. The highest BCUT2D eigenvalue weighted by Gasteiger charge is 2.19. The molecule has 1 atom stereocenters. The van der Waals surface area contributed by atoms with Crippen LogP contribution in [-0.4, -0.2) is 70.1 Å². The van der Waals surface area contributed by atoms with Crippen LogP contribution < -0.4 is 5.32 Å². The number of β-amino-alcohol motifs (C(OH)–C–C–N with tert-alkyl or cyclic N) is 1. The van der Waals surface area contributed by atoms with Crippen molar-refractivity contribution in [1.29, 1.82) is 0 Å². The summed E-state index contributed by atoms with van der Waals surface area (Å²) in [6.45, 7) is 12.3. The number of aryl methyl sites for hydroxylation is 3. The van der Waals surface area contributed by atoms with Crippen molar-refractivity contribution in [2.45, 2.75) is 40.2 Å². The Balaban J connectivity index is 1.61. The van der Waals surface area contributed by atoms with E-state index in [4.69, 9.17) is 19.2 Å². The molecule has 0 amide bonds. The van der Waals surface area contributed by atoms with Gasteiger partial charge in [0.1, 0.15) is 17.3 Å². The maximum Gasteiger partial charge on any atom is 0.158 e. The number of aliphatic hydroxyl groups excluding tert-OH is 1. The molecule has 0 saturated carbocycles. The first-order valence-electron chi connectivity index (χ1n) is 10.6. The van der Waals surface area contributed by atoms with Crippen LogP contribution in [0.2, 0.25) is 0 Å². The standard InChI is InChI=1S/C22H31N5O3/c1-5-18-15(3)24-21-11-20(19-10-14(2)30-16(19)4)25-27(21)22(18)23-12-17(28)13-26-6-8-29-9-7-26/h10-11,17,23,28H,5-9,12-13H2,1-4H3. The lowest BCUT2D eigenvalue weighted by molar-refractivity contribution is 0.0171. The molecule has 3 aromatic heterocycles. The molecule has 1 fully saturated rings. The average Bonchev–Trinajstić information content (AvgIpc) is 3.28. The fourth-order valence-electron chi connectivity index (χ4n) is 4.14. The Morgan fingerprint density at radius 3 is 2.63 bits per heavy atom. The van der Waals surface area contributed by atoms with Gasteiger partial charge in [-0.05, 0) is 33.3 Å². The van der Waals surface area contributed by atoms with Gasteiger partial charge in [-0.15, -0.1) is 0 Å². The van der Waals surface area contributed by atoms with E-state index < -0.39 is 6.10 Å². The molecule has 1 saturated heterocycles. The predicted octanol–water partition coefficient (Wildman–Crippen LogP) is 2.58. The predicted molar refractivity (Wildman–Crippen MR) is 116 cm³/mol. The van der Waals surface area contributed by atoms with Gasteiger partial charge >= 0.3 is 0 Å². The second kappa shape index (κ2) is 8.75. The highest BCUT2D eigenvalue weighted by molar-refractivity contribution is 5.68. The molecule has 8 nitrogen and oxygen atoms in total. The lowest BCUT2D eigenvalue weighted by Gasteiger charge is -2.28. The van der Waals surface area contributed by atoms with Gasteiger partial charge < -0.3 is 19.6 Å². The third-order valence-corrected chi connectivity index (χ3v) is 5.66. The summed E-state index contributed by atoms with van der Waals surface area (Å²) >= 11 is 0. The first-order valence-corrected chi connectivity index (χ1v) is 10.6. The Morgan fingerprint density at radius 1 is 1.20 bits per heavy atom. The van der Waals surface area contributed by atoms with Crippen LogP contribution in [0, 0.1) is 20.8 Å². The molecule has 0 aliphatic carbocycles. The lowest BCUT2D eigenvalue weighted by Crippen LogP contribution is -2.42. The van der Waals surface area contributed by atoms with Gasteiger partial charge in [0.25, 0.3) is 0 Å². The van der Waals surface area contributed by atoms with E-state index in [9.17, 15) is 5.11 Å². The number of hydrogen-bond donors (Lipinski definition) is 2. The molecule has 162 valence electrons. The number of nitrogens with zero attached hydrogens (tertiary/aromatic N) is 4. The smallest absolute Gasteiger partial charge is 0.158 e. The van der Waals surface area contributed by atoms with E-state index in [0.29, 0.717) is 13.1 Å². The molecular formula is C22H31N5O3. The number of nitrogens with one attached hydrogen (secondary N) is 1. The number of ether oxygens (including phenoxy) is 1. The molecule has 30 heavy (non-hydrogen) atoms. The highest BCUT2D eigenvalue weighted by atomic mass is 16.5. The first kappa shape index (κ1) is 20.8. The fraction of sp³-hybridized carbons (Fsp3) is 0.545. The summed E-state index contributed by atoms with van der Waals surface area (Å²) in [5.41, 5.74) is 4.68. The third-order valence-electron chi connectivity index (χ3n) is 5.66. The van der Waals surface area contributed by atoms with Gasteiger partial charge in [-0.25, -0.2) is 4.98 Å². The Hall–Kier alpha value is -2.42. The van der Waals surface area contributed by atoms with Gasteiger partial charge in [0.05, 0.1) is 25.0 Å². The van der Waals surface area contributed by atoms with Gasteiger partial charge in [-0.3, -0.25) is 4.90 Å². The molecule has 1 aliphatic heterocycles. The minimum atomic E-state index is -0.481. The van der Waals surface area contributed by atoms with Crippen LogP contribution in [0.25, 0.3) is 16.9 Å². The highest BCUT2D eigenvalue weighted by Crippen LogP contribution is 2.29. The van der Waals surface area contributed by atoms with Crippen LogP contribution in [0.4, 0.5) is 5.82 Å². The topological polar surface area (TPSA) is 88.1 Å². The largest absolute Gasteiger partial charge is 0.466 e. The van der Waals surface area contributed by atoms with E-state index in [1.807, 2.05) is 37.4 Å². The normalized spacial score (nSPS) is 16.3. The van der Waals surface area contributed by atoms with Crippen LogP contribution in [0.1, 0.15) is 29.7 Å². The fourth-order valence-corrected chi connectivity index (χ4v) is 4.14. The number of aliphatic hydroxyl groups is 1. The second-order valence-corrected chi connectivity index (χ2v) is 7.95. The lowest BCUT2D eigenvalue weighted by atomic mass is 10.1. The molecule has 4 heterocycles. The zero-order valence-electron chi connectivity index (χ0n) is 18.2. The quantitative estimate of drug-likeness (QED) is 0.615. The molecule has 0 radical (unpaired) electrons. The average molecular weight is 414 g/mol. The number of fused-ring (bicyclic) bond motifs is 1. The summed E-state index contributed by atoms with van der Waals surface area (Å²) in [5, 5.41) is 18.9. The van der Waals surface area contributed by atoms with Crippen molar-refractivity contribution in [2.75, 3.05) is 44.7 Å². The number of morpholine rings is 1. The SMILES string of the molecule is CCc1c(C)nc2cc(-c3cc(C)oc3C)nn2c1NCC(O)CN1CCOCC1. The van der Waals surface area contributed by atoms with Gasteiger partial charge in [-0.2, -0.15) is 9.61 Å². The number of aromatic nitrogens is 3. The van der Waals surface area contributed by atoms with E-state index in [2.05, 4.69) is 17.1 Å². The van der Waals surface area contributed by atoms with E-state index in [-0.39, 0.29) is 0 Å². The molecule has 4 rings (SSSR count). The van der Waals surface area contributed by atoms with E-state index in [0.717, 1.165) is 78.2 Å². The maximum atomic E-state index is 10.6. The molecule has 0 spiro atoms. The minimum absolute atomic E-state index is 0.446. The van der Waals surface area contributed by atoms with Crippen molar-refractivity contribution in [1.82, 2.24) is 19.5 Å². The Morgan fingerprint density at radius 2 is 1.97 bits per heavy atom. The van der Waals surface area contributed by atoms with Crippen molar-refractivity contribution >= 4 is 11.5 Å². The molecular weight excluding hydrogens is 382 g/mol. The Bertz CT molecular complexity index is 1020. The van der Waals surface area contributed by atoms with Crippen LogP contribution >= 0.6 is 0 Å². The number of rotatable bonds is 7. The van der Waals surface area contributed by atoms with Crippen LogP contribution in [0.3, 0.4) is 0 Å². The summed E-state index contributed by atoms with van der Waals surface area (Å²) in [6, 6.07) is 3.99. The summed E-state index contributed by atoms with van der Waals surface area (Å²) in [4.78, 5) is 6.99. The molecule has 1 aliphatic rings. The van der Waals surface area contributed by atoms with Crippen LogP contribution in [-0.2, 0) is 11.2 Å². The van der Waals surface area contributed by atoms with Crippen molar-refractivity contribution in [3.05, 3.63) is 34.9 Å². The van der Waals surface area contributed by atoms with Gasteiger partial charge in [-0.1, -0.05) is 6.92 Å². The van der Waals surface area contributed by atoms with Crippen molar-refractivity contribution in [3.8, 4) is 11.3 Å². The summed E-state index contributed by atoms with van der Waals surface area (Å²) in [6.07, 6.45) is 0.348. The van der Waals surface area contributed by atoms with Crippen molar-refractivity contribution < 1.29 is 14.3 Å². The van der Waals surface area contributed by atoms with E-state index in [1.54, 1.807) is 0 Å². The monoisotopic (exact) mass is 413 g/mol. The van der Waals surface area contributed by atoms with E-state index >= 15 is 0 Å². The maximum absolute atomic E-state index is 10.6. The van der Waals surface area contributed by atoms with Gasteiger partial charge in [0.15, 0.2) is 5.65 Å². The summed E-state index contributed by atoms with van der Waals surface area (Å²) in [5.74, 6) is 2.60. The number of hydrogen-bond acceptors (Lipinski definition) is 7. The second-order valence-electron chi connectivity index (χ2n) is 7.95. The minimum Gasteiger partial charge on any atom is -0.466 e.